The van der Waals surface area contributed by atoms with Gasteiger partial charge in [0.05, 0.1) is 0 Å². The molecule has 2 nitrogen and oxygen atoms in total. The number of carbonyl (C=O) groups excluding carboxylic acids is 1. The Morgan fingerprint density at radius 1 is 1.41 bits per heavy atom. The quantitative estimate of drug-likeness (QED) is 0.821. The third kappa shape index (κ3) is 2.18. The normalized spacial score (nSPS) is 30.8. The lowest BCUT2D eigenvalue weighted by atomic mass is 9.98. The van der Waals surface area contributed by atoms with E-state index in [2.05, 4.69) is 29.3 Å². The SMILES string of the molecule is CC(Cc1cccs1)N1C2CCC1CC(=O)C2. The van der Waals surface area contributed by atoms with Gasteiger partial charge in [-0.25, -0.2) is 0 Å². The van der Waals surface area contributed by atoms with E-state index in [9.17, 15) is 4.79 Å². The minimum absolute atomic E-state index is 0.483. The van der Waals surface area contributed by atoms with Crippen molar-refractivity contribution in [3.8, 4) is 0 Å². The highest BCUT2D eigenvalue weighted by atomic mass is 32.1. The smallest absolute Gasteiger partial charge is 0.136 e. The Labute approximate surface area is 107 Å². The van der Waals surface area contributed by atoms with Crippen LogP contribution in [0.25, 0.3) is 0 Å². The maximum atomic E-state index is 11.6. The summed E-state index contributed by atoms with van der Waals surface area (Å²) in [5.41, 5.74) is 0. The molecule has 2 aliphatic heterocycles. The van der Waals surface area contributed by atoms with E-state index in [1.807, 2.05) is 11.3 Å². The summed E-state index contributed by atoms with van der Waals surface area (Å²) in [4.78, 5) is 15.7. The summed E-state index contributed by atoms with van der Waals surface area (Å²) in [5, 5.41) is 2.15. The minimum Gasteiger partial charge on any atom is -0.300 e. The van der Waals surface area contributed by atoms with Crippen LogP contribution in [0.4, 0.5) is 0 Å². The topological polar surface area (TPSA) is 20.3 Å². The summed E-state index contributed by atoms with van der Waals surface area (Å²) in [6.45, 7) is 2.32. The monoisotopic (exact) mass is 249 g/mol. The summed E-state index contributed by atoms with van der Waals surface area (Å²) in [6.07, 6.45) is 5.19. The van der Waals surface area contributed by atoms with Crippen molar-refractivity contribution in [3.05, 3.63) is 22.4 Å². The summed E-state index contributed by atoms with van der Waals surface area (Å²) >= 11 is 1.85. The number of thiophene rings is 1. The molecule has 3 rings (SSSR count). The fourth-order valence-electron chi connectivity index (χ4n) is 3.55. The first kappa shape index (κ1) is 11.4. The number of rotatable bonds is 3. The average molecular weight is 249 g/mol. The standard InChI is InChI=1S/C14H19NOS/c1-10(7-14-3-2-6-17-14)15-11-4-5-12(15)9-13(16)8-11/h2-3,6,10-12H,4-5,7-9H2,1H3. The van der Waals surface area contributed by atoms with Gasteiger partial charge in [-0.15, -0.1) is 11.3 Å². The van der Waals surface area contributed by atoms with Gasteiger partial charge in [0.15, 0.2) is 0 Å². The fraction of sp³-hybridized carbons (Fsp3) is 0.643. The zero-order valence-corrected chi connectivity index (χ0v) is 11.1. The second kappa shape index (κ2) is 4.54. The number of hydrogen-bond acceptors (Lipinski definition) is 3. The molecule has 0 N–H and O–H groups in total. The van der Waals surface area contributed by atoms with Crippen LogP contribution in [0.3, 0.4) is 0 Å². The number of hydrogen-bond donors (Lipinski definition) is 0. The van der Waals surface area contributed by atoms with Gasteiger partial charge in [0.1, 0.15) is 5.78 Å². The zero-order valence-electron chi connectivity index (χ0n) is 10.3. The highest BCUT2D eigenvalue weighted by molar-refractivity contribution is 7.09. The largest absolute Gasteiger partial charge is 0.300 e. The molecule has 3 heterocycles. The van der Waals surface area contributed by atoms with E-state index in [0.717, 1.165) is 19.3 Å². The molecule has 3 heteroatoms. The molecule has 3 unspecified atom stereocenters. The first-order valence-corrected chi connectivity index (χ1v) is 7.43. The lowest BCUT2D eigenvalue weighted by Gasteiger charge is -2.38. The van der Waals surface area contributed by atoms with Crippen LogP contribution in [0.15, 0.2) is 17.5 Å². The van der Waals surface area contributed by atoms with Gasteiger partial charge in [-0.05, 0) is 37.6 Å². The number of carbonyl (C=O) groups is 1. The van der Waals surface area contributed by atoms with E-state index in [1.54, 1.807) is 0 Å². The van der Waals surface area contributed by atoms with Gasteiger partial charge in [-0.3, -0.25) is 9.69 Å². The molecule has 2 bridgehead atoms. The molecule has 1 aromatic heterocycles. The van der Waals surface area contributed by atoms with Crippen molar-refractivity contribution in [2.24, 2.45) is 0 Å². The van der Waals surface area contributed by atoms with Gasteiger partial charge in [0, 0.05) is 35.8 Å². The molecule has 2 aliphatic rings. The van der Waals surface area contributed by atoms with E-state index in [-0.39, 0.29) is 0 Å². The molecule has 92 valence electrons. The second-order valence-electron chi connectivity index (χ2n) is 5.41. The Kier molecular flexibility index (Phi) is 3.05. The van der Waals surface area contributed by atoms with Crippen molar-refractivity contribution in [1.82, 2.24) is 4.90 Å². The van der Waals surface area contributed by atoms with Crippen molar-refractivity contribution in [1.29, 1.82) is 0 Å². The summed E-state index contributed by atoms with van der Waals surface area (Å²) < 4.78 is 0. The first-order chi connectivity index (χ1) is 8.24. The van der Waals surface area contributed by atoms with Crippen LogP contribution < -0.4 is 0 Å². The molecule has 17 heavy (non-hydrogen) atoms. The molecule has 0 aliphatic carbocycles. The maximum Gasteiger partial charge on any atom is 0.136 e. The van der Waals surface area contributed by atoms with Crippen LogP contribution in [0, 0.1) is 0 Å². The molecular formula is C14H19NOS. The predicted octanol–water partition coefficient (Wildman–Crippen LogP) is 2.88. The number of Topliss-reactive ketones (excluding diaryl/α,β-unsaturated/α-hetero) is 1. The lowest BCUT2D eigenvalue weighted by molar-refractivity contribution is -0.124. The third-order valence-corrected chi connectivity index (χ3v) is 5.09. The van der Waals surface area contributed by atoms with E-state index < -0.39 is 0 Å². The molecule has 0 radical (unpaired) electrons. The first-order valence-electron chi connectivity index (χ1n) is 6.55. The molecule has 0 saturated carbocycles. The van der Waals surface area contributed by atoms with Gasteiger partial charge in [-0.1, -0.05) is 6.07 Å². The van der Waals surface area contributed by atoms with Gasteiger partial charge < -0.3 is 0 Å². The zero-order chi connectivity index (χ0) is 11.8. The van der Waals surface area contributed by atoms with E-state index in [4.69, 9.17) is 0 Å². The van der Waals surface area contributed by atoms with Crippen LogP contribution in [0.1, 0.15) is 37.5 Å². The second-order valence-corrected chi connectivity index (χ2v) is 6.44. The Morgan fingerprint density at radius 3 is 2.71 bits per heavy atom. The summed E-state index contributed by atoms with van der Waals surface area (Å²) in [6, 6.07) is 6.01. The van der Waals surface area contributed by atoms with Crippen molar-refractivity contribution < 1.29 is 4.79 Å². The Balaban J connectivity index is 1.70. The van der Waals surface area contributed by atoms with Crippen molar-refractivity contribution in [3.63, 3.8) is 0 Å². The van der Waals surface area contributed by atoms with Gasteiger partial charge in [0.25, 0.3) is 0 Å². The molecule has 0 amide bonds. The number of piperidine rings is 1. The van der Waals surface area contributed by atoms with Gasteiger partial charge in [-0.2, -0.15) is 0 Å². The van der Waals surface area contributed by atoms with Crippen LogP contribution in [-0.4, -0.2) is 28.8 Å². The summed E-state index contributed by atoms with van der Waals surface area (Å²) in [5.74, 6) is 0.483. The van der Waals surface area contributed by atoms with Crippen LogP contribution >= 0.6 is 11.3 Å². The van der Waals surface area contributed by atoms with E-state index in [1.165, 1.54) is 17.7 Å². The molecular weight excluding hydrogens is 230 g/mol. The van der Waals surface area contributed by atoms with Crippen LogP contribution in [0.5, 0.6) is 0 Å². The van der Waals surface area contributed by atoms with Crippen LogP contribution in [-0.2, 0) is 11.2 Å². The Hall–Kier alpha value is -0.670. The molecule has 1 aromatic rings. The third-order valence-electron chi connectivity index (χ3n) is 4.19. The van der Waals surface area contributed by atoms with Gasteiger partial charge in [0.2, 0.25) is 0 Å². The van der Waals surface area contributed by atoms with Crippen molar-refractivity contribution in [2.45, 2.75) is 57.2 Å². The number of nitrogens with zero attached hydrogens (tertiary/aromatic N) is 1. The Morgan fingerprint density at radius 2 is 2.12 bits per heavy atom. The highest BCUT2D eigenvalue weighted by Gasteiger charge is 2.42. The molecule has 2 saturated heterocycles. The number of ketones is 1. The van der Waals surface area contributed by atoms with E-state index >= 15 is 0 Å². The summed E-state index contributed by atoms with van der Waals surface area (Å²) in [7, 11) is 0. The maximum absolute atomic E-state index is 11.6. The van der Waals surface area contributed by atoms with Crippen molar-refractivity contribution in [2.75, 3.05) is 0 Å². The van der Waals surface area contributed by atoms with E-state index in [0.29, 0.717) is 23.9 Å². The number of fused-ring (bicyclic) bond motifs is 2. The molecule has 0 aromatic carbocycles. The Bertz CT molecular complexity index is 384. The fourth-order valence-corrected chi connectivity index (χ4v) is 4.38. The van der Waals surface area contributed by atoms with Crippen LogP contribution in [0.2, 0.25) is 0 Å². The lowest BCUT2D eigenvalue weighted by Crippen LogP contribution is -2.48. The minimum atomic E-state index is 0.483. The predicted molar refractivity (Wildman–Crippen MR) is 70.4 cm³/mol. The average Bonchev–Trinajstić information content (AvgIpc) is 2.86. The molecule has 2 fully saturated rings. The van der Waals surface area contributed by atoms with Gasteiger partial charge >= 0.3 is 0 Å². The highest BCUT2D eigenvalue weighted by Crippen LogP contribution is 2.36. The van der Waals surface area contributed by atoms with Crippen molar-refractivity contribution >= 4 is 17.1 Å². The molecule has 3 atom stereocenters. The molecule has 0 spiro atoms.